The second-order valence-electron chi connectivity index (χ2n) is 8.76. The molecule has 3 heterocycles. The molecule has 29 heavy (non-hydrogen) atoms. The lowest BCUT2D eigenvalue weighted by molar-refractivity contribution is -0.124. The molecule has 2 aromatic heterocycles. The molecule has 0 saturated heterocycles. The van der Waals surface area contributed by atoms with Gasteiger partial charge in [0.15, 0.2) is 5.69 Å². The van der Waals surface area contributed by atoms with E-state index in [4.69, 9.17) is 4.98 Å². The summed E-state index contributed by atoms with van der Waals surface area (Å²) in [5.41, 5.74) is 1.67. The number of hydrogen-bond donors (Lipinski definition) is 2. The fourth-order valence-corrected chi connectivity index (χ4v) is 3.68. The van der Waals surface area contributed by atoms with E-state index in [2.05, 4.69) is 25.2 Å². The first-order valence-electron chi connectivity index (χ1n) is 9.91. The van der Waals surface area contributed by atoms with Crippen LogP contribution in [0.1, 0.15) is 43.4 Å². The number of nitrogens with zero attached hydrogens (tertiary/aromatic N) is 5. The van der Waals surface area contributed by atoms with Crippen molar-refractivity contribution >= 4 is 11.8 Å². The van der Waals surface area contributed by atoms with Gasteiger partial charge in [0.25, 0.3) is 5.91 Å². The Kier molecular flexibility index (Phi) is 5.79. The second kappa shape index (κ2) is 7.98. The Morgan fingerprint density at radius 3 is 2.52 bits per heavy atom. The van der Waals surface area contributed by atoms with E-state index in [9.17, 15) is 9.59 Å². The van der Waals surface area contributed by atoms with Crippen LogP contribution < -0.4 is 10.6 Å². The smallest absolute Gasteiger partial charge is 0.272 e. The molecule has 9 nitrogen and oxygen atoms in total. The van der Waals surface area contributed by atoms with Gasteiger partial charge in [-0.05, 0) is 25.4 Å². The Hall–Kier alpha value is -2.68. The third-order valence-electron chi connectivity index (χ3n) is 5.24. The molecular weight excluding hydrogens is 370 g/mol. The SMILES string of the molecule is CNC(=O)[C@@H](NC(=O)c1nc(-c2cnn(C)c2)n2c1CN(C)CCC2)C(C)(C)C. The molecule has 158 valence electrons. The normalized spacial score (nSPS) is 16.1. The number of aryl methyl sites for hydroxylation is 1. The predicted octanol–water partition coefficient (Wildman–Crippen LogP) is 1.01. The van der Waals surface area contributed by atoms with E-state index in [1.807, 2.05) is 41.1 Å². The monoisotopic (exact) mass is 401 g/mol. The predicted molar refractivity (Wildman–Crippen MR) is 110 cm³/mol. The minimum atomic E-state index is -0.664. The molecule has 2 amide bonds. The summed E-state index contributed by atoms with van der Waals surface area (Å²) in [6.45, 7) is 8.12. The Balaban J connectivity index is 2.03. The second-order valence-corrected chi connectivity index (χ2v) is 8.76. The highest BCUT2D eigenvalue weighted by molar-refractivity contribution is 5.97. The summed E-state index contributed by atoms with van der Waals surface area (Å²) in [6, 6.07) is -0.664. The highest BCUT2D eigenvalue weighted by Crippen LogP contribution is 2.26. The maximum absolute atomic E-state index is 13.3. The zero-order chi connectivity index (χ0) is 21.3. The molecular formula is C20H31N7O2. The summed E-state index contributed by atoms with van der Waals surface area (Å²) in [5.74, 6) is 0.185. The molecule has 1 atom stereocenters. The zero-order valence-electron chi connectivity index (χ0n) is 18.1. The van der Waals surface area contributed by atoms with Gasteiger partial charge in [-0.15, -0.1) is 0 Å². The van der Waals surface area contributed by atoms with Crippen LogP contribution in [0.25, 0.3) is 11.4 Å². The van der Waals surface area contributed by atoms with Crippen molar-refractivity contribution in [1.29, 1.82) is 0 Å². The van der Waals surface area contributed by atoms with Crippen molar-refractivity contribution in [3.05, 3.63) is 23.8 Å². The molecule has 0 radical (unpaired) electrons. The van der Waals surface area contributed by atoms with E-state index in [0.717, 1.165) is 36.6 Å². The lowest BCUT2D eigenvalue weighted by Gasteiger charge is -2.29. The largest absolute Gasteiger partial charge is 0.357 e. The fraction of sp³-hybridized carbons (Fsp3) is 0.600. The highest BCUT2D eigenvalue weighted by atomic mass is 16.2. The van der Waals surface area contributed by atoms with Crippen LogP contribution in [0.2, 0.25) is 0 Å². The van der Waals surface area contributed by atoms with Gasteiger partial charge >= 0.3 is 0 Å². The van der Waals surface area contributed by atoms with Crippen molar-refractivity contribution in [2.24, 2.45) is 12.5 Å². The summed E-state index contributed by atoms with van der Waals surface area (Å²) in [6.07, 6.45) is 4.62. The number of fused-ring (bicyclic) bond motifs is 1. The van der Waals surface area contributed by atoms with Crippen molar-refractivity contribution in [3.63, 3.8) is 0 Å². The zero-order valence-corrected chi connectivity index (χ0v) is 18.1. The molecule has 0 spiro atoms. The van der Waals surface area contributed by atoms with Gasteiger partial charge < -0.3 is 20.1 Å². The van der Waals surface area contributed by atoms with Crippen LogP contribution in [-0.4, -0.2) is 62.7 Å². The Morgan fingerprint density at radius 2 is 1.93 bits per heavy atom. The third kappa shape index (κ3) is 4.34. The number of nitrogens with one attached hydrogen (secondary N) is 2. The molecule has 0 saturated carbocycles. The first-order valence-corrected chi connectivity index (χ1v) is 9.91. The summed E-state index contributed by atoms with van der Waals surface area (Å²) < 4.78 is 3.84. The average Bonchev–Trinajstić information content (AvgIpc) is 3.16. The van der Waals surface area contributed by atoms with Crippen molar-refractivity contribution < 1.29 is 9.59 Å². The number of aromatic nitrogens is 4. The third-order valence-corrected chi connectivity index (χ3v) is 5.24. The van der Waals surface area contributed by atoms with Crippen LogP contribution in [-0.2, 0) is 24.9 Å². The first-order chi connectivity index (χ1) is 13.6. The summed E-state index contributed by atoms with van der Waals surface area (Å²) in [4.78, 5) is 32.5. The molecule has 0 aromatic carbocycles. The number of carbonyl (C=O) groups excluding carboxylic acids is 2. The molecule has 2 aromatic rings. The number of hydrogen-bond acceptors (Lipinski definition) is 5. The Bertz CT molecular complexity index is 907. The standard InChI is InChI=1S/C20H31N7O2/c1-20(2,3)16(19(29)21-4)24-18(28)15-14-12-25(5)8-7-9-27(14)17(23-15)13-10-22-26(6)11-13/h10-11,16H,7-9,12H2,1-6H3,(H,21,29)(H,24,28)/t16-/m1/s1. The Morgan fingerprint density at radius 1 is 1.21 bits per heavy atom. The fourth-order valence-electron chi connectivity index (χ4n) is 3.68. The van der Waals surface area contributed by atoms with E-state index in [0.29, 0.717) is 12.2 Å². The van der Waals surface area contributed by atoms with Gasteiger partial charge in [0.05, 0.1) is 17.5 Å². The van der Waals surface area contributed by atoms with Gasteiger partial charge in [-0.1, -0.05) is 20.8 Å². The van der Waals surface area contributed by atoms with Gasteiger partial charge in [-0.3, -0.25) is 14.3 Å². The van der Waals surface area contributed by atoms with E-state index in [1.54, 1.807) is 17.9 Å². The molecule has 0 bridgehead atoms. The van der Waals surface area contributed by atoms with Crippen LogP contribution in [0, 0.1) is 5.41 Å². The quantitative estimate of drug-likeness (QED) is 0.797. The molecule has 2 N–H and O–H groups in total. The van der Waals surface area contributed by atoms with Gasteiger partial charge in [-0.25, -0.2) is 4.98 Å². The summed E-state index contributed by atoms with van der Waals surface area (Å²) in [7, 11) is 5.47. The van der Waals surface area contributed by atoms with Gasteiger partial charge in [0.2, 0.25) is 5.91 Å². The topological polar surface area (TPSA) is 97.1 Å². The lowest BCUT2D eigenvalue weighted by atomic mass is 9.86. The lowest BCUT2D eigenvalue weighted by Crippen LogP contribution is -2.53. The number of likely N-dealkylation sites (N-methyl/N-ethyl adjacent to an activating group) is 1. The maximum atomic E-state index is 13.3. The average molecular weight is 402 g/mol. The van der Waals surface area contributed by atoms with E-state index < -0.39 is 11.5 Å². The summed E-state index contributed by atoms with van der Waals surface area (Å²) in [5, 5.41) is 9.81. The highest BCUT2D eigenvalue weighted by Gasteiger charge is 2.34. The van der Waals surface area contributed by atoms with Crippen molar-refractivity contribution in [3.8, 4) is 11.4 Å². The van der Waals surface area contributed by atoms with E-state index in [1.165, 1.54) is 0 Å². The first kappa shape index (κ1) is 21.0. The van der Waals surface area contributed by atoms with Gasteiger partial charge in [0, 0.05) is 33.4 Å². The molecule has 0 aliphatic carbocycles. The molecule has 3 rings (SSSR count). The molecule has 1 aliphatic rings. The van der Waals surface area contributed by atoms with Gasteiger partial charge in [-0.2, -0.15) is 5.10 Å². The molecule has 1 aliphatic heterocycles. The number of amides is 2. The van der Waals surface area contributed by atoms with Crippen LogP contribution in [0.15, 0.2) is 12.4 Å². The summed E-state index contributed by atoms with van der Waals surface area (Å²) >= 11 is 0. The minimum Gasteiger partial charge on any atom is -0.357 e. The number of carbonyl (C=O) groups is 2. The van der Waals surface area contributed by atoms with Crippen LogP contribution >= 0.6 is 0 Å². The van der Waals surface area contributed by atoms with Crippen LogP contribution in [0.5, 0.6) is 0 Å². The van der Waals surface area contributed by atoms with E-state index in [-0.39, 0.29) is 11.8 Å². The maximum Gasteiger partial charge on any atom is 0.272 e. The Labute approximate surface area is 171 Å². The number of imidazole rings is 1. The molecule has 0 fully saturated rings. The van der Waals surface area contributed by atoms with Crippen molar-refractivity contribution in [1.82, 2.24) is 34.9 Å². The van der Waals surface area contributed by atoms with Gasteiger partial charge in [0.1, 0.15) is 11.9 Å². The minimum absolute atomic E-state index is 0.222. The van der Waals surface area contributed by atoms with Crippen molar-refractivity contribution in [2.75, 3.05) is 20.6 Å². The van der Waals surface area contributed by atoms with Crippen molar-refractivity contribution in [2.45, 2.75) is 46.3 Å². The van der Waals surface area contributed by atoms with Crippen LogP contribution in [0.4, 0.5) is 0 Å². The number of rotatable bonds is 4. The molecule has 0 unspecified atom stereocenters. The van der Waals surface area contributed by atoms with E-state index >= 15 is 0 Å². The van der Waals surface area contributed by atoms with Crippen LogP contribution in [0.3, 0.4) is 0 Å². The molecule has 9 heteroatoms.